The summed E-state index contributed by atoms with van der Waals surface area (Å²) in [6.45, 7) is 3.54. The highest BCUT2D eigenvalue weighted by atomic mass is 32.1. The van der Waals surface area contributed by atoms with Crippen LogP contribution in [0.2, 0.25) is 0 Å². The molecule has 7 heteroatoms. The van der Waals surface area contributed by atoms with Crippen molar-refractivity contribution in [3.05, 3.63) is 10.4 Å². The molecule has 0 atom stereocenters. The van der Waals surface area contributed by atoms with Crippen molar-refractivity contribution in [1.82, 2.24) is 0 Å². The van der Waals surface area contributed by atoms with Crippen molar-refractivity contribution in [1.29, 1.82) is 5.26 Å². The van der Waals surface area contributed by atoms with Gasteiger partial charge in [0.25, 0.3) is 0 Å². The number of thiophene rings is 1. The minimum absolute atomic E-state index is 0.199. The number of rotatable bonds is 3. The average Bonchev–Trinajstić information content (AvgIpc) is 2.77. The average molecular weight is 294 g/mol. The van der Waals surface area contributed by atoms with Crippen LogP contribution >= 0.6 is 11.3 Å². The first kappa shape index (κ1) is 14.6. The van der Waals surface area contributed by atoms with Crippen LogP contribution in [-0.2, 0) is 4.74 Å². The first-order valence-electron chi connectivity index (χ1n) is 6.58. The first-order valence-corrected chi connectivity index (χ1v) is 7.40. The molecule has 1 aliphatic rings. The molecule has 1 saturated heterocycles. The van der Waals surface area contributed by atoms with E-state index in [-0.39, 0.29) is 18.3 Å². The van der Waals surface area contributed by atoms with Crippen LogP contribution in [0.25, 0.3) is 0 Å². The maximum absolute atomic E-state index is 12.1. The molecule has 4 N–H and O–H groups in total. The van der Waals surface area contributed by atoms with Gasteiger partial charge in [0.05, 0.1) is 12.3 Å². The zero-order chi connectivity index (χ0) is 14.7. The number of esters is 1. The molecule has 1 aromatic heterocycles. The van der Waals surface area contributed by atoms with Crippen molar-refractivity contribution < 1.29 is 9.53 Å². The largest absolute Gasteiger partial charge is 0.462 e. The normalized spacial score (nSPS) is 15.9. The molecule has 0 saturated carbocycles. The minimum atomic E-state index is -0.465. The molecule has 0 aliphatic carbocycles. The quantitative estimate of drug-likeness (QED) is 0.814. The molecule has 20 heavy (non-hydrogen) atoms. The summed E-state index contributed by atoms with van der Waals surface area (Å²) in [5.74, 6) is -0.465. The lowest BCUT2D eigenvalue weighted by molar-refractivity contribution is 0.0529. The maximum Gasteiger partial charge on any atom is 0.343 e. The van der Waals surface area contributed by atoms with E-state index in [0.29, 0.717) is 10.4 Å². The smallest absolute Gasteiger partial charge is 0.343 e. The zero-order valence-corrected chi connectivity index (χ0v) is 12.2. The highest BCUT2D eigenvalue weighted by molar-refractivity contribution is 7.17. The Morgan fingerprint density at radius 3 is 2.75 bits per heavy atom. The number of carbonyl (C=O) groups is 1. The van der Waals surface area contributed by atoms with Gasteiger partial charge >= 0.3 is 5.97 Å². The first-order chi connectivity index (χ1) is 9.58. The predicted molar refractivity (Wildman–Crippen MR) is 78.8 cm³/mol. The zero-order valence-electron chi connectivity index (χ0n) is 11.4. The second-order valence-electron chi connectivity index (χ2n) is 4.68. The van der Waals surface area contributed by atoms with Crippen molar-refractivity contribution in [3.8, 4) is 6.07 Å². The van der Waals surface area contributed by atoms with Gasteiger partial charge in [-0.1, -0.05) is 0 Å². The second-order valence-corrected chi connectivity index (χ2v) is 5.68. The van der Waals surface area contributed by atoms with E-state index in [1.807, 2.05) is 6.07 Å². The molecular formula is C13H18N4O2S. The molecule has 6 nitrogen and oxygen atoms in total. The van der Waals surface area contributed by atoms with Crippen LogP contribution in [0.3, 0.4) is 0 Å². The molecule has 0 radical (unpaired) electrons. The number of hydrogen-bond acceptors (Lipinski definition) is 7. The Kier molecular flexibility index (Phi) is 4.47. The number of nitrogen functional groups attached to an aromatic ring is 1. The maximum atomic E-state index is 12.1. The van der Waals surface area contributed by atoms with Gasteiger partial charge in [0.1, 0.15) is 21.5 Å². The molecule has 108 valence electrons. The van der Waals surface area contributed by atoms with Gasteiger partial charge in [0.2, 0.25) is 0 Å². The van der Waals surface area contributed by atoms with Crippen LogP contribution in [0.1, 0.15) is 35.0 Å². The SMILES string of the molecule is CCOC(=O)c1c(N2CCC(N)CC2)sc(C#N)c1N. The summed E-state index contributed by atoms with van der Waals surface area (Å²) in [7, 11) is 0. The Balaban J connectivity index is 2.36. The number of hydrogen-bond donors (Lipinski definition) is 2. The van der Waals surface area contributed by atoms with Gasteiger partial charge in [-0.3, -0.25) is 0 Å². The molecule has 0 aromatic carbocycles. The molecule has 1 aliphatic heterocycles. The topological polar surface area (TPSA) is 105 Å². The fraction of sp³-hybridized carbons (Fsp3) is 0.538. The summed E-state index contributed by atoms with van der Waals surface area (Å²) < 4.78 is 5.05. The van der Waals surface area contributed by atoms with Crippen LogP contribution in [-0.4, -0.2) is 31.7 Å². The van der Waals surface area contributed by atoms with E-state index >= 15 is 0 Å². The Morgan fingerprint density at radius 2 is 2.20 bits per heavy atom. The van der Waals surface area contributed by atoms with Gasteiger partial charge in [0, 0.05) is 19.1 Å². The fourth-order valence-corrected chi connectivity index (χ4v) is 3.30. The lowest BCUT2D eigenvalue weighted by Gasteiger charge is -2.31. The molecule has 2 rings (SSSR count). The van der Waals surface area contributed by atoms with Gasteiger partial charge in [-0.25, -0.2) is 4.79 Å². The van der Waals surface area contributed by atoms with E-state index in [4.69, 9.17) is 21.5 Å². The highest BCUT2D eigenvalue weighted by Crippen LogP contribution is 2.39. The van der Waals surface area contributed by atoms with Crippen molar-refractivity contribution in [2.45, 2.75) is 25.8 Å². The van der Waals surface area contributed by atoms with Crippen molar-refractivity contribution >= 4 is 28.0 Å². The molecule has 2 heterocycles. The van der Waals surface area contributed by atoms with Crippen LogP contribution in [0.15, 0.2) is 0 Å². The molecule has 1 aromatic rings. The minimum Gasteiger partial charge on any atom is -0.462 e. The highest BCUT2D eigenvalue weighted by Gasteiger charge is 2.28. The third-order valence-electron chi connectivity index (χ3n) is 3.33. The lowest BCUT2D eigenvalue weighted by atomic mass is 10.1. The van der Waals surface area contributed by atoms with E-state index < -0.39 is 5.97 Å². The van der Waals surface area contributed by atoms with E-state index in [2.05, 4.69) is 4.90 Å². The van der Waals surface area contributed by atoms with Crippen LogP contribution < -0.4 is 16.4 Å². The summed E-state index contributed by atoms with van der Waals surface area (Å²) >= 11 is 1.25. The van der Waals surface area contributed by atoms with Gasteiger partial charge in [-0.05, 0) is 19.8 Å². The van der Waals surface area contributed by atoms with Gasteiger partial charge in [-0.15, -0.1) is 11.3 Å². The second kappa shape index (κ2) is 6.11. The molecule has 0 unspecified atom stereocenters. The third kappa shape index (κ3) is 2.71. The van der Waals surface area contributed by atoms with E-state index in [0.717, 1.165) is 30.9 Å². The Morgan fingerprint density at radius 1 is 1.55 bits per heavy atom. The van der Waals surface area contributed by atoms with Crippen LogP contribution in [0.5, 0.6) is 0 Å². The van der Waals surface area contributed by atoms with Crippen molar-refractivity contribution in [2.75, 3.05) is 30.3 Å². The number of carbonyl (C=O) groups excluding carboxylic acids is 1. The summed E-state index contributed by atoms with van der Waals surface area (Å²) in [4.78, 5) is 14.5. The van der Waals surface area contributed by atoms with Crippen molar-refractivity contribution in [3.63, 3.8) is 0 Å². The molecule has 1 fully saturated rings. The van der Waals surface area contributed by atoms with Gasteiger partial charge < -0.3 is 21.1 Å². The Hall–Kier alpha value is -1.78. The summed E-state index contributed by atoms with van der Waals surface area (Å²) in [5.41, 5.74) is 12.4. The Bertz CT molecular complexity index is 541. The van der Waals surface area contributed by atoms with Gasteiger partial charge in [0.15, 0.2) is 0 Å². The van der Waals surface area contributed by atoms with Crippen LogP contribution in [0, 0.1) is 11.3 Å². The number of nitrogens with zero attached hydrogens (tertiary/aromatic N) is 2. The van der Waals surface area contributed by atoms with Crippen LogP contribution in [0.4, 0.5) is 10.7 Å². The molecule has 0 bridgehead atoms. The van der Waals surface area contributed by atoms with E-state index in [9.17, 15) is 4.79 Å². The monoisotopic (exact) mass is 294 g/mol. The Labute approximate surface area is 121 Å². The number of nitrogens with two attached hydrogens (primary N) is 2. The number of ether oxygens (including phenoxy) is 1. The number of anilines is 2. The van der Waals surface area contributed by atoms with E-state index in [1.165, 1.54) is 11.3 Å². The molecule has 0 spiro atoms. The number of piperidine rings is 1. The lowest BCUT2D eigenvalue weighted by Crippen LogP contribution is -2.39. The summed E-state index contributed by atoms with van der Waals surface area (Å²) in [5, 5.41) is 9.82. The van der Waals surface area contributed by atoms with Crippen molar-refractivity contribution in [2.24, 2.45) is 5.73 Å². The van der Waals surface area contributed by atoms with E-state index in [1.54, 1.807) is 6.92 Å². The fourth-order valence-electron chi connectivity index (χ4n) is 2.24. The summed E-state index contributed by atoms with van der Waals surface area (Å²) in [6, 6.07) is 2.23. The standard InChI is InChI=1S/C13H18N4O2S/c1-2-19-13(18)10-11(16)9(7-14)20-12(10)17-5-3-8(15)4-6-17/h8H,2-6,15-16H2,1H3. The summed E-state index contributed by atoms with van der Waals surface area (Å²) in [6.07, 6.45) is 1.73. The predicted octanol–water partition coefficient (Wildman–Crippen LogP) is 1.31. The molecular weight excluding hydrogens is 276 g/mol. The molecule has 0 amide bonds. The van der Waals surface area contributed by atoms with Gasteiger partial charge in [-0.2, -0.15) is 5.26 Å². The third-order valence-corrected chi connectivity index (χ3v) is 4.51. The number of nitriles is 1.